The lowest BCUT2D eigenvalue weighted by Gasteiger charge is -2.23. The van der Waals surface area contributed by atoms with Crippen LogP contribution in [0.25, 0.3) is 0 Å². The van der Waals surface area contributed by atoms with Crippen molar-refractivity contribution in [2.24, 2.45) is 0 Å². The predicted octanol–water partition coefficient (Wildman–Crippen LogP) is 3.13. The Morgan fingerprint density at radius 3 is 2.83 bits per heavy atom. The summed E-state index contributed by atoms with van der Waals surface area (Å²) < 4.78 is 17.0. The van der Waals surface area contributed by atoms with Gasteiger partial charge in [0.2, 0.25) is 5.89 Å². The minimum atomic E-state index is -0.431. The summed E-state index contributed by atoms with van der Waals surface area (Å²) in [4.78, 5) is 4.33. The number of nitrogens with one attached hydrogen (secondary N) is 1. The first-order valence-electron chi connectivity index (χ1n) is 8.40. The number of hydrogen-bond donors (Lipinski definition) is 1. The number of rotatable bonds is 6. The molecule has 1 atom stereocenters. The molecular formula is C18H25N3O3. The SMILES string of the molecule is CCOc1cc(CNC(C)(C)c2nc(C)no2)c2c(c1)CC(C)O2. The van der Waals surface area contributed by atoms with Crippen molar-refractivity contribution < 1.29 is 14.0 Å². The first kappa shape index (κ1) is 16.8. The molecule has 0 saturated carbocycles. The molecule has 3 rings (SSSR count). The summed E-state index contributed by atoms with van der Waals surface area (Å²) in [5.41, 5.74) is 1.86. The molecule has 2 heterocycles. The van der Waals surface area contributed by atoms with E-state index in [4.69, 9.17) is 14.0 Å². The van der Waals surface area contributed by atoms with E-state index in [9.17, 15) is 0 Å². The minimum Gasteiger partial charge on any atom is -0.494 e. The zero-order valence-electron chi connectivity index (χ0n) is 15.0. The fraction of sp³-hybridized carbons (Fsp3) is 0.556. The van der Waals surface area contributed by atoms with Gasteiger partial charge in [0.15, 0.2) is 5.82 Å². The molecule has 2 aromatic rings. The van der Waals surface area contributed by atoms with Crippen LogP contribution in [0.5, 0.6) is 11.5 Å². The Labute approximate surface area is 142 Å². The predicted molar refractivity (Wildman–Crippen MR) is 90.3 cm³/mol. The molecule has 0 bridgehead atoms. The van der Waals surface area contributed by atoms with Crippen molar-refractivity contribution in [3.05, 3.63) is 35.0 Å². The lowest BCUT2D eigenvalue weighted by Crippen LogP contribution is -2.36. The summed E-state index contributed by atoms with van der Waals surface area (Å²) in [6, 6.07) is 4.13. The van der Waals surface area contributed by atoms with E-state index >= 15 is 0 Å². The van der Waals surface area contributed by atoms with E-state index in [2.05, 4.69) is 28.4 Å². The fourth-order valence-corrected chi connectivity index (χ4v) is 2.90. The average molecular weight is 331 g/mol. The molecule has 24 heavy (non-hydrogen) atoms. The number of benzene rings is 1. The maximum Gasteiger partial charge on any atom is 0.246 e. The van der Waals surface area contributed by atoms with Gasteiger partial charge < -0.3 is 14.0 Å². The van der Waals surface area contributed by atoms with Gasteiger partial charge in [-0.25, -0.2) is 0 Å². The highest BCUT2D eigenvalue weighted by atomic mass is 16.5. The summed E-state index contributed by atoms with van der Waals surface area (Å²) in [5, 5.41) is 7.36. The third kappa shape index (κ3) is 3.38. The average Bonchev–Trinajstić information content (AvgIpc) is 3.10. The van der Waals surface area contributed by atoms with E-state index < -0.39 is 5.54 Å². The Morgan fingerprint density at radius 2 is 2.17 bits per heavy atom. The molecule has 0 amide bonds. The van der Waals surface area contributed by atoms with E-state index in [1.54, 1.807) is 0 Å². The van der Waals surface area contributed by atoms with Crippen LogP contribution in [0, 0.1) is 6.92 Å². The molecule has 6 heteroatoms. The van der Waals surface area contributed by atoms with Gasteiger partial charge in [-0.05, 0) is 46.8 Å². The Hall–Kier alpha value is -2.08. The fourth-order valence-electron chi connectivity index (χ4n) is 2.90. The Morgan fingerprint density at radius 1 is 1.38 bits per heavy atom. The maximum atomic E-state index is 6.00. The molecule has 1 aromatic heterocycles. The quantitative estimate of drug-likeness (QED) is 0.877. The van der Waals surface area contributed by atoms with Gasteiger partial charge in [-0.2, -0.15) is 4.98 Å². The second-order valence-corrected chi connectivity index (χ2v) is 6.76. The van der Waals surface area contributed by atoms with Gasteiger partial charge in [-0.1, -0.05) is 5.16 Å². The minimum absolute atomic E-state index is 0.197. The molecule has 1 aromatic carbocycles. The van der Waals surface area contributed by atoms with Crippen LogP contribution in [0.15, 0.2) is 16.7 Å². The largest absolute Gasteiger partial charge is 0.494 e. The van der Waals surface area contributed by atoms with E-state index in [0.29, 0.717) is 24.9 Å². The summed E-state index contributed by atoms with van der Waals surface area (Å²) in [6.45, 7) is 11.2. The number of nitrogens with zero attached hydrogens (tertiary/aromatic N) is 2. The van der Waals surface area contributed by atoms with Gasteiger partial charge in [0.1, 0.15) is 17.6 Å². The number of aromatic nitrogens is 2. The van der Waals surface area contributed by atoms with Gasteiger partial charge in [0.05, 0.1) is 12.1 Å². The zero-order chi connectivity index (χ0) is 17.3. The van der Waals surface area contributed by atoms with Crippen LogP contribution in [0.4, 0.5) is 0 Å². The molecule has 0 spiro atoms. The first-order chi connectivity index (χ1) is 11.4. The highest BCUT2D eigenvalue weighted by Crippen LogP contribution is 2.36. The highest BCUT2D eigenvalue weighted by Gasteiger charge is 2.29. The lowest BCUT2D eigenvalue weighted by atomic mass is 10.0. The van der Waals surface area contributed by atoms with Crippen LogP contribution in [0.3, 0.4) is 0 Å². The maximum absolute atomic E-state index is 6.00. The normalized spacial score (nSPS) is 16.8. The molecule has 130 valence electrons. The number of fused-ring (bicyclic) bond motifs is 1. The third-order valence-electron chi connectivity index (χ3n) is 4.14. The smallest absolute Gasteiger partial charge is 0.246 e. The summed E-state index contributed by atoms with van der Waals surface area (Å²) >= 11 is 0. The van der Waals surface area contributed by atoms with Crippen molar-refractivity contribution in [2.45, 2.75) is 59.2 Å². The van der Waals surface area contributed by atoms with Crippen molar-refractivity contribution in [3.63, 3.8) is 0 Å². The molecule has 1 aliphatic rings. The van der Waals surface area contributed by atoms with E-state index in [1.807, 2.05) is 33.8 Å². The van der Waals surface area contributed by atoms with E-state index in [1.165, 1.54) is 5.56 Å². The number of ether oxygens (including phenoxy) is 2. The monoisotopic (exact) mass is 331 g/mol. The van der Waals surface area contributed by atoms with Crippen molar-refractivity contribution in [3.8, 4) is 11.5 Å². The molecule has 6 nitrogen and oxygen atoms in total. The number of hydrogen-bond acceptors (Lipinski definition) is 6. The summed E-state index contributed by atoms with van der Waals surface area (Å²) in [7, 11) is 0. The molecule has 0 fully saturated rings. The molecule has 1 aliphatic heterocycles. The van der Waals surface area contributed by atoms with Crippen LogP contribution < -0.4 is 14.8 Å². The summed E-state index contributed by atoms with van der Waals surface area (Å²) in [5.74, 6) is 3.07. The van der Waals surface area contributed by atoms with Crippen molar-refractivity contribution in [2.75, 3.05) is 6.61 Å². The van der Waals surface area contributed by atoms with E-state index in [0.717, 1.165) is 23.5 Å². The first-order valence-corrected chi connectivity index (χ1v) is 8.40. The van der Waals surface area contributed by atoms with Crippen molar-refractivity contribution in [1.29, 1.82) is 0 Å². The molecule has 0 aliphatic carbocycles. The van der Waals surface area contributed by atoms with Crippen LogP contribution in [0.1, 0.15) is 50.5 Å². The lowest BCUT2D eigenvalue weighted by molar-refractivity contribution is 0.246. The highest BCUT2D eigenvalue weighted by molar-refractivity contribution is 5.49. The van der Waals surface area contributed by atoms with Gasteiger partial charge in [0.25, 0.3) is 0 Å². The third-order valence-corrected chi connectivity index (χ3v) is 4.14. The van der Waals surface area contributed by atoms with Crippen LogP contribution in [0.2, 0.25) is 0 Å². The molecule has 1 N–H and O–H groups in total. The second-order valence-electron chi connectivity index (χ2n) is 6.76. The zero-order valence-corrected chi connectivity index (χ0v) is 15.0. The second kappa shape index (κ2) is 6.43. The van der Waals surface area contributed by atoms with Crippen LogP contribution >= 0.6 is 0 Å². The van der Waals surface area contributed by atoms with Crippen molar-refractivity contribution >= 4 is 0 Å². The van der Waals surface area contributed by atoms with Gasteiger partial charge in [-0.15, -0.1) is 0 Å². The van der Waals surface area contributed by atoms with Crippen LogP contribution in [-0.4, -0.2) is 22.9 Å². The Bertz CT molecular complexity index is 724. The van der Waals surface area contributed by atoms with Gasteiger partial charge in [0, 0.05) is 24.1 Å². The molecule has 0 saturated heterocycles. The van der Waals surface area contributed by atoms with Crippen molar-refractivity contribution in [1.82, 2.24) is 15.5 Å². The van der Waals surface area contributed by atoms with Gasteiger partial charge in [-0.3, -0.25) is 5.32 Å². The van der Waals surface area contributed by atoms with E-state index in [-0.39, 0.29) is 6.10 Å². The summed E-state index contributed by atoms with van der Waals surface area (Å²) in [6.07, 6.45) is 1.11. The molecule has 1 unspecified atom stereocenters. The molecular weight excluding hydrogens is 306 g/mol. The topological polar surface area (TPSA) is 69.4 Å². The number of aryl methyl sites for hydroxylation is 1. The van der Waals surface area contributed by atoms with Crippen LogP contribution in [-0.2, 0) is 18.5 Å². The Kier molecular flexibility index (Phi) is 4.49. The molecule has 0 radical (unpaired) electrons. The van der Waals surface area contributed by atoms with Gasteiger partial charge >= 0.3 is 0 Å². The standard InChI is InChI=1S/C18H25N3O3/c1-6-22-15-8-13-7-11(2)23-16(13)14(9-15)10-19-18(4,5)17-20-12(3)21-24-17/h8-9,11,19H,6-7,10H2,1-5H3. The Balaban J connectivity index is 1.82.